The molecule has 0 radical (unpaired) electrons. The Labute approximate surface area is 188 Å². The molecule has 1 aliphatic rings. The first-order valence-corrected chi connectivity index (χ1v) is 11.0. The van der Waals surface area contributed by atoms with Gasteiger partial charge >= 0.3 is 0 Å². The normalized spacial score (nSPS) is 16.1. The zero-order valence-corrected chi connectivity index (χ0v) is 18.3. The Morgan fingerprint density at radius 1 is 1.16 bits per heavy atom. The predicted octanol–water partition coefficient (Wildman–Crippen LogP) is 4.77. The van der Waals surface area contributed by atoms with Gasteiger partial charge in [-0.15, -0.1) is 0 Å². The summed E-state index contributed by atoms with van der Waals surface area (Å²) < 4.78 is 19.5. The van der Waals surface area contributed by atoms with Gasteiger partial charge in [0.15, 0.2) is 0 Å². The van der Waals surface area contributed by atoms with Gasteiger partial charge in [0.2, 0.25) is 5.91 Å². The first-order valence-electron chi connectivity index (χ1n) is 11.0. The minimum atomic E-state index is -0.255. The number of carbonyl (C=O) groups excluding carboxylic acids is 1. The Kier molecular flexibility index (Phi) is 7.12. The number of amides is 1. The van der Waals surface area contributed by atoms with E-state index in [0.717, 1.165) is 54.1 Å². The van der Waals surface area contributed by atoms with Gasteiger partial charge in [0.25, 0.3) is 0 Å². The Morgan fingerprint density at radius 2 is 2.03 bits per heavy atom. The highest BCUT2D eigenvalue weighted by Crippen LogP contribution is 2.34. The van der Waals surface area contributed by atoms with Crippen LogP contribution in [0.4, 0.5) is 4.39 Å². The third-order valence-electron chi connectivity index (χ3n) is 5.72. The van der Waals surface area contributed by atoms with Crippen molar-refractivity contribution in [2.75, 3.05) is 6.54 Å². The summed E-state index contributed by atoms with van der Waals surface area (Å²) in [5.74, 6) is 0.519. The van der Waals surface area contributed by atoms with Crippen molar-refractivity contribution in [3.05, 3.63) is 95.1 Å². The molecule has 0 spiro atoms. The van der Waals surface area contributed by atoms with Crippen molar-refractivity contribution in [3.8, 4) is 5.75 Å². The summed E-state index contributed by atoms with van der Waals surface area (Å²) in [4.78, 5) is 18.2. The smallest absolute Gasteiger partial charge is 0.217 e. The van der Waals surface area contributed by atoms with E-state index in [1.54, 1.807) is 6.07 Å². The van der Waals surface area contributed by atoms with Crippen molar-refractivity contribution < 1.29 is 13.9 Å². The molecule has 1 fully saturated rings. The summed E-state index contributed by atoms with van der Waals surface area (Å²) in [7, 11) is 0. The van der Waals surface area contributed by atoms with E-state index in [1.165, 1.54) is 19.1 Å². The van der Waals surface area contributed by atoms with E-state index in [4.69, 9.17) is 4.74 Å². The van der Waals surface area contributed by atoms with E-state index in [2.05, 4.69) is 27.3 Å². The molecule has 0 unspecified atom stereocenters. The third kappa shape index (κ3) is 5.71. The van der Waals surface area contributed by atoms with Crippen molar-refractivity contribution >= 4 is 5.91 Å². The van der Waals surface area contributed by atoms with Gasteiger partial charge in [0, 0.05) is 31.8 Å². The molecule has 0 aliphatic carbocycles. The molecule has 3 aromatic rings. The van der Waals surface area contributed by atoms with Crippen LogP contribution in [-0.4, -0.2) is 22.3 Å². The highest BCUT2D eigenvalue weighted by molar-refractivity contribution is 5.72. The third-order valence-corrected chi connectivity index (χ3v) is 5.72. The summed E-state index contributed by atoms with van der Waals surface area (Å²) in [5.41, 5.74) is 3.96. The molecule has 1 aliphatic heterocycles. The van der Waals surface area contributed by atoms with Crippen LogP contribution in [0.5, 0.6) is 5.75 Å². The quantitative estimate of drug-likeness (QED) is 0.556. The molecule has 1 saturated heterocycles. The molecule has 2 aromatic carbocycles. The first kappa shape index (κ1) is 22.0. The van der Waals surface area contributed by atoms with Gasteiger partial charge in [-0.1, -0.05) is 36.4 Å². The van der Waals surface area contributed by atoms with Crippen molar-refractivity contribution in [2.45, 2.75) is 45.5 Å². The molecule has 0 bridgehead atoms. The predicted molar refractivity (Wildman–Crippen MR) is 121 cm³/mol. The fraction of sp³-hybridized carbons (Fsp3) is 0.308. The maximum atomic E-state index is 13.5. The van der Waals surface area contributed by atoms with E-state index in [-0.39, 0.29) is 17.8 Å². The fourth-order valence-corrected chi connectivity index (χ4v) is 4.10. The number of nitrogens with one attached hydrogen (secondary N) is 1. The standard InChI is InChI=1S/C26H28FN3O2/c1-19(31)28-15-21-11-12-24(29-16-21)25-9-5-13-30(25)17-22-7-2-3-10-26(22)32-18-20-6-4-8-23(27)14-20/h2-4,6-8,10-12,14,16,25H,5,9,13,15,17-18H2,1H3,(H,28,31)/t25-/m1/s1. The maximum absolute atomic E-state index is 13.5. The minimum Gasteiger partial charge on any atom is -0.489 e. The monoisotopic (exact) mass is 433 g/mol. The average molecular weight is 434 g/mol. The number of aromatic nitrogens is 1. The lowest BCUT2D eigenvalue weighted by Crippen LogP contribution is -2.24. The molecule has 32 heavy (non-hydrogen) atoms. The second-order valence-electron chi connectivity index (χ2n) is 8.16. The van der Waals surface area contributed by atoms with Crippen LogP contribution in [0.3, 0.4) is 0 Å². The molecule has 166 valence electrons. The van der Waals surface area contributed by atoms with Gasteiger partial charge < -0.3 is 10.1 Å². The number of ether oxygens (including phenoxy) is 1. The van der Waals surface area contributed by atoms with Crippen molar-refractivity contribution in [3.63, 3.8) is 0 Å². The molecular formula is C26H28FN3O2. The molecule has 1 N–H and O–H groups in total. The van der Waals surface area contributed by atoms with Gasteiger partial charge in [-0.25, -0.2) is 4.39 Å². The Bertz CT molecular complexity index is 1050. The van der Waals surface area contributed by atoms with Gasteiger partial charge in [0.1, 0.15) is 18.2 Å². The summed E-state index contributed by atoms with van der Waals surface area (Å²) in [6, 6.07) is 18.9. The molecular weight excluding hydrogens is 405 g/mol. The van der Waals surface area contributed by atoms with Crippen LogP contribution in [0.15, 0.2) is 66.9 Å². The number of carbonyl (C=O) groups is 1. The van der Waals surface area contributed by atoms with Crippen molar-refractivity contribution in [2.24, 2.45) is 0 Å². The Hall–Kier alpha value is -3.25. The summed E-state index contributed by atoms with van der Waals surface area (Å²) in [6.07, 6.45) is 4.02. The lowest BCUT2D eigenvalue weighted by atomic mass is 10.1. The SMILES string of the molecule is CC(=O)NCc1ccc([C@H]2CCCN2Cc2ccccc2OCc2cccc(F)c2)nc1. The second kappa shape index (κ2) is 10.4. The van der Waals surface area contributed by atoms with Crippen LogP contribution < -0.4 is 10.1 Å². The minimum absolute atomic E-state index is 0.0469. The number of likely N-dealkylation sites (tertiary alicyclic amines) is 1. The van der Waals surface area contributed by atoms with Gasteiger partial charge in [0.05, 0.1) is 11.7 Å². The van der Waals surface area contributed by atoms with Crippen molar-refractivity contribution in [1.82, 2.24) is 15.2 Å². The largest absolute Gasteiger partial charge is 0.489 e. The van der Waals surface area contributed by atoms with E-state index < -0.39 is 0 Å². The Morgan fingerprint density at radius 3 is 2.81 bits per heavy atom. The highest BCUT2D eigenvalue weighted by atomic mass is 19.1. The number of rotatable bonds is 8. The number of hydrogen-bond acceptors (Lipinski definition) is 4. The van der Waals surface area contributed by atoms with Crippen LogP contribution in [-0.2, 0) is 24.5 Å². The van der Waals surface area contributed by atoms with E-state index >= 15 is 0 Å². The Balaban J connectivity index is 1.42. The van der Waals surface area contributed by atoms with Crippen molar-refractivity contribution in [1.29, 1.82) is 0 Å². The average Bonchev–Trinajstić information content (AvgIpc) is 3.25. The van der Waals surface area contributed by atoms with Crippen LogP contribution in [0.2, 0.25) is 0 Å². The van der Waals surface area contributed by atoms with E-state index in [1.807, 2.05) is 36.5 Å². The van der Waals surface area contributed by atoms with Crippen LogP contribution in [0.25, 0.3) is 0 Å². The van der Waals surface area contributed by atoms with Crippen LogP contribution in [0.1, 0.15) is 48.2 Å². The van der Waals surface area contributed by atoms with Crippen LogP contribution >= 0.6 is 0 Å². The number of halogens is 1. The zero-order chi connectivity index (χ0) is 22.3. The molecule has 5 nitrogen and oxygen atoms in total. The van der Waals surface area contributed by atoms with E-state index in [9.17, 15) is 9.18 Å². The summed E-state index contributed by atoms with van der Waals surface area (Å²) in [5, 5.41) is 2.80. The molecule has 2 heterocycles. The molecule has 1 amide bonds. The number of pyridine rings is 1. The number of hydrogen-bond donors (Lipinski definition) is 1. The topological polar surface area (TPSA) is 54.5 Å². The number of benzene rings is 2. The number of para-hydroxylation sites is 1. The summed E-state index contributed by atoms with van der Waals surface area (Å²) in [6.45, 7) is 4.10. The lowest BCUT2D eigenvalue weighted by molar-refractivity contribution is -0.119. The molecule has 4 rings (SSSR count). The van der Waals surface area contributed by atoms with Gasteiger partial charge in [-0.2, -0.15) is 0 Å². The second-order valence-corrected chi connectivity index (χ2v) is 8.16. The lowest BCUT2D eigenvalue weighted by Gasteiger charge is -2.25. The number of nitrogens with zero attached hydrogens (tertiary/aromatic N) is 2. The maximum Gasteiger partial charge on any atom is 0.217 e. The van der Waals surface area contributed by atoms with Gasteiger partial charge in [-0.3, -0.25) is 14.7 Å². The molecule has 1 aromatic heterocycles. The molecule has 6 heteroatoms. The zero-order valence-electron chi connectivity index (χ0n) is 18.3. The van der Waals surface area contributed by atoms with Crippen LogP contribution in [0, 0.1) is 5.82 Å². The fourth-order valence-electron chi connectivity index (χ4n) is 4.10. The molecule has 0 saturated carbocycles. The highest BCUT2D eigenvalue weighted by Gasteiger charge is 2.27. The molecule has 1 atom stereocenters. The van der Waals surface area contributed by atoms with E-state index in [0.29, 0.717) is 13.2 Å². The van der Waals surface area contributed by atoms with Gasteiger partial charge in [-0.05, 0) is 54.8 Å². The summed E-state index contributed by atoms with van der Waals surface area (Å²) >= 11 is 0. The first-order chi connectivity index (χ1) is 15.6.